The first kappa shape index (κ1) is 13.8. The molecule has 0 unspecified atom stereocenters. The molecule has 0 atom stereocenters. The molecule has 3 N–H and O–H groups in total. The Morgan fingerprint density at radius 2 is 1.82 bits per heavy atom. The second kappa shape index (κ2) is 6.47. The van der Waals surface area contributed by atoms with Gasteiger partial charge < -0.3 is 15.5 Å². The van der Waals surface area contributed by atoms with Gasteiger partial charge in [0.05, 0.1) is 6.54 Å². The number of nitrogens with zero attached hydrogens (tertiary/aromatic N) is 2. The number of carbonyl (C=O) groups is 1. The van der Waals surface area contributed by atoms with Gasteiger partial charge in [-0.15, -0.1) is 0 Å². The summed E-state index contributed by atoms with van der Waals surface area (Å²) in [6.07, 6.45) is 4.43. The maximum atomic E-state index is 12.3. The summed E-state index contributed by atoms with van der Waals surface area (Å²) >= 11 is 0. The fraction of sp³-hybridized carbons (Fsp3) is 0.833. The van der Waals surface area contributed by atoms with Crippen LogP contribution in [0.3, 0.4) is 0 Å². The van der Waals surface area contributed by atoms with E-state index in [2.05, 4.69) is 0 Å². The van der Waals surface area contributed by atoms with Crippen molar-refractivity contribution in [1.82, 2.24) is 9.80 Å². The number of amides is 2. The van der Waals surface area contributed by atoms with Crippen molar-refractivity contribution in [2.24, 2.45) is 5.73 Å². The van der Waals surface area contributed by atoms with Gasteiger partial charge in [-0.2, -0.15) is 0 Å². The van der Waals surface area contributed by atoms with Gasteiger partial charge >= 0.3 is 6.03 Å². The highest BCUT2D eigenvalue weighted by Gasteiger charge is 2.29. The molecule has 0 aromatic rings. The van der Waals surface area contributed by atoms with E-state index in [4.69, 9.17) is 11.1 Å². The average molecular weight is 240 g/mol. The highest BCUT2D eigenvalue weighted by atomic mass is 16.2. The van der Waals surface area contributed by atoms with Crippen molar-refractivity contribution in [3.8, 4) is 0 Å². The lowest BCUT2D eigenvalue weighted by molar-refractivity contribution is 0.146. The maximum absolute atomic E-state index is 12.3. The summed E-state index contributed by atoms with van der Waals surface area (Å²) in [6.45, 7) is 5.62. The zero-order valence-corrected chi connectivity index (χ0v) is 10.9. The van der Waals surface area contributed by atoms with Crippen molar-refractivity contribution < 1.29 is 4.79 Å². The van der Waals surface area contributed by atoms with Gasteiger partial charge in [-0.1, -0.05) is 12.8 Å². The predicted molar refractivity (Wildman–Crippen MR) is 69.2 cm³/mol. The zero-order valence-electron chi connectivity index (χ0n) is 10.9. The molecule has 1 aliphatic rings. The molecule has 0 saturated heterocycles. The van der Waals surface area contributed by atoms with Crippen LogP contribution in [0.1, 0.15) is 39.5 Å². The molecule has 0 radical (unpaired) electrons. The normalized spacial score (nSPS) is 15.9. The van der Waals surface area contributed by atoms with E-state index in [0.29, 0.717) is 13.1 Å². The number of amidine groups is 1. The molecular weight excluding hydrogens is 216 g/mol. The molecule has 1 fully saturated rings. The van der Waals surface area contributed by atoms with E-state index in [0.717, 1.165) is 12.8 Å². The van der Waals surface area contributed by atoms with E-state index in [9.17, 15) is 4.79 Å². The SMILES string of the molecule is CCN(CC)C(=O)N(CC(=N)N)C1CCCC1. The molecule has 0 heterocycles. The van der Waals surface area contributed by atoms with E-state index in [1.165, 1.54) is 12.8 Å². The number of hydrogen-bond donors (Lipinski definition) is 2. The van der Waals surface area contributed by atoms with Crippen LogP contribution in [-0.2, 0) is 0 Å². The van der Waals surface area contributed by atoms with Crippen LogP contribution in [0.15, 0.2) is 0 Å². The van der Waals surface area contributed by atoms with Crippen molar-refractivity contribution >= 4 is 11.9 Å². The summed E-state index contributed by atoms with van der Waals surface area (Å²) in [5, 5.41) is 7.40. The molecule has 2 amide bonds. The minimum atomic E-state index is 0.0251. The third-order valence-corrected chi connectivity index (χ3v) is 3.39. The molecule has 1 saturated carbocycles. The number of nitrogens with one attached hydrogen (secondary N) is 1. The summed E-state index contributed by atoms with van der Waals surface area (Å²) in [5.74, 6) is 0.0670. The van der Waals surface area contributed by atoms with Crippen LogP contribution in [0.5, 0.6) is 0 Å². The molecule has 98 valence electrons. The second-order valence-corrected chi connectivity index (χ2v) is 4.55. The first-order valence-corrected chi connectivity index (χ1v) is 6.48. The van der Waals surface area contributed by atoms with Gasteiger partial charge in [0.15, 0.2) is 0 Å². The Kier molecular flexibility index (Phi) is 5.25. The largest absolute Gasteiger partial charge is 0.386 e. The van der Waals surface area contributed by atoms with Crippen LogP contribution >= 0.6 is 0 Å². The van der Waals surface area contributed by atoms with E-state index in [1.54, 1.807) is 9.80 Å². The minimum Gasteiger partial charge on any atom is -0.386 e. The summed E-state index contributed by atoms with van der Waals surface area (Å²) in [7, 11) is 0. The Morgan fingerprint density at radius 3 is 2.24 bits per heavy atom. The maximum Gasteiger partial charge on any atom is 0.320 e. The Morgan fingerprint density at radius 1 is 1.29 bits per heavy atom. The standard InChI is InChI=1S/C12H24N4O/c1-3-15(4-2)12(17)16(9-11(13)14)10-7-5-6-8-10/h10H,3-9H2,1-2H3,(H3,13,14). The van der Waals surface area contributed by atoms with E-state index >= 15 is 0 Å². The number of urea groups is 1. The van der Waals surface area contributed by atoms with Crippen LogP contribution in [-0.4, -0.2) is 47.3 Å². The summed E-state index contributed by atoms with van der Waals surface area (Å²) < 4.78 is 0. The van der Waals surface area contributed by atoms with Crippen LogP contribution in [0, 0.1) is 5.41 Å². The van der Waals surface area contributed by atoms with Crippen LogP contribution in [0.25, 0.3) is 0 Å². The first-order chi connectivity index (χ1) is 8.10. The van der Waals surface area contributed by atoms with E-state index in [1.807, 2.05) is 13.8 Å². The summed E-state index contributed by atoms with van der Waals surface area (Å²) in [5.41, 5.74) is 5.45. The molecule has 0 aliphatic heterocycles. The van der Waals surface area contributed by atoms with Gasteiger partial charge in [0.1, 0.15) is 5.84 Å². The number of carbonyl (C=O) groups excluding carboxylic acids is 1. The monoisotopic (exact) mass is 240 g/mol. The molecule has 0 bridgehead atoms. The van der Waals surface area contributed by atoms with Crippen LogP contribution in [0.2, 0.25) is 0 Å². The van der Waals surface area contributed by atoms with Crippen molar-refractivity contribution in [3.63, 3.8) is 0 Å². The van der Waals surface area contributed by atoms with Crippen molar-refractivity contribution in [3.05, 3.63) is 0 Å². The van der Waals surface area contributed by atoms with Gasteiger partial charge in [-0.3, -0.25) is 5.41 Å². The molecule has 17 heavy (non-hydrogen) atoms. The van der Waals surface area contributed by atoms with Crippen molar-refractivity contribution in [2.45, 2.75) is 45.6 Å². The van der Waals surface area contributed by atoms with Gasteiger partial charge in [-0.05, 0) is 26.7 Å². The van der Waals surface area contributed by atoms with Crippen LogP contribution < -0.4 is 5.73 Å². The summed E-state index contributed by atoms with van der Waals surface area (Å²) in [6, 6.07) is 0.295. The molecule has 1 rings (SSSR count). The number of hydrogen-bond acceptors (Lipinski definition) is 2. The topological polar surface area (TPSA) is 73.4 Å². The average Bonchev–Trinajstić information content (AvgIpc) is 2.80. The number of nitrogens with two attached hydrogens (primary N) is 1. The van der Waals surface area contributed by atoms with Gasteiger partial charge in [0, 0.05) is 19.1 Å². The molecule has 0 aromatic carbocycles. The lowest BCUT2D eigenvalue weighted by Crippen LogP contribution is -2.50. The molecule has 5 heteroatoms. The van der Waals surface area contributed by atoms with Gasteiger partial charge in [0.2, 0.25) is 0 Å². The third kappa shape index (κ3) is 3.61. The number of rotatable bonds is 5. The first-order valence-electron chi connectivity index (χ1n) is 6.48. The Hall–Kier alpha value is -1.26. The molecular formula is C12H24N4O. The van der Waals surface area contributed by atoms with Crippen molar-refractivity contribution in [1.29, 1.82) is 5.41 Å². The highest BCUT2D eigenvalue weighted by Crippen LogP contribution is 2.24. The smallest absolute Gasteiger partial charge is 0.320 e. The predicted octanol–water partition coefficient (Wildman–Crippen LogP) is 1.63. The van der Waals surface area contributed by atoms with Gasteiger partial charge in [-0.25, -0.2) is 4.79 Å². The zero-order chi connectivity index (χ0) is 12.8. The van der Waals surface area contributed by atoms with Crippen molar-refractivity contribution in [2.75, 3.05) is 19.6 Å². The Balaban J connectivity index is 2.73. The highest BCUT2D eigenvalue weighted by molar-refractivity contribution is 5.84. The molecule has 1 aliphatic carbocycles. The fourth-order valence-electron chi connectivity index (χ4n) is 2.43. The van der Waals surface area contributed by atoms with Gasteiger partial charge in [0.25, 0.3) is 0 Å². The Bertz CT molecular complexity index is 270. The van der Waals surface area contributed by atoms with E-state index in [-0.39, 0.29) is 24.5 Å². The quantitative estimate of drug-likeness (QED) is 0.566. The fourth-order valence-corrected chi connectivity index (χ4v) is 2.43. The second-order valence-electron chi connectivity index (χ2n) is 4.55. The molecule has 5 nitrogen and oxygen atoms in total. The van der Waals surface area contributed by atoms with Crippen LogP contribution in [0.4, 0.5) is 4.79 Å². The molecule has 0 spiro atoms. The summed E-state index contributed by atoms with van der Waals surface area (Å²) in [4.78, 5) is 15.9. The Labute approximate surface area is 103 Å². The molecule has 0 aromatic heterocycles. The lowest BCUT2D eigenvalue weighted by atomic mass is 10.2. The third-order valence-electron chi connectivity index (χ3n) is 3.39. The minimum absolute atomic E-state index is 0.0251. The van der Waals surface area contributed by atoms with E-state index < -0.39 is 0 Å². The lowest BCUT2D eigenvalue weighted by Gasteiger charge is -2.33.